The van der Waals surface area contributed by atoms with Gasteiger partial charge < -0.3 is 33.8 Å². The first-order valence-corrected chi connectivity index (χ1v) is 43.8. The average molecular weight is 1480 g/mol. The minimum Gasteiger partial charge on any atom is -0.462 e. The quantitative estimate of drug-likeness (QED) is 0.0169. The lowest BCUT2D eigenvalue weighted by molar-refractivity contribution is -0.161. The van der Waals surface area contributed by atoms with Crippen LogP contribution in [0.25, 0.3) is 0 Å². The van der Waals surface area contributed by atoms with Crippen LogP contribution in [0.15, 0.2) is 85.1 Å². The van der Waals surface area contributed by atoms with Crippen molar-refractivity contribution < 1.29 is 80.2 Å². The molecule has 102 heavy (non-hydrogen) atoms. The van der Waals surface area contributed by atoms with Crippen LogP contribution in [0.5, 0.6) is 0 Å². The van der Waals surface area contributed by atoms with Crippen LogP contribution in [0.4, 0.5) is 0 Å². The van der Waals surface area contributed by atoms with E-state index in [4.69, 9.17) is 37.0 Å². The van der Waals surface area contributed by atoms with Crippen LogP contribution >= 0.6 is 15.6 Å². The van der Waals surface area contributed by atoms with Gasteiger partial charge in [-0.05, 0) is 103 Å². The number of aliphatic hydroxyl groups excluding tert-OH is 1. The van der Waals surface area contributed by atoms with E-state index in [1.807, 2.05) is 0 Å². The van der Waals surface area contributed by atoms with Gasteiger partial charge in [0.2, 0.25) is 0 Å². The van der Waals surface area contributed by atoms with E-state index in [2.05, 4.69) is 113 Å². The number of unbranched alkanes of at least 4 members (excludes halogenated alkanes) is 37. The number of rotatable bonds is 77. The maximum Gasteiger partial charge on any atom is 0.472 e. The van der Waals surface area contributed by atoms with E-state index in [0.717, 1.165) is 173 Å². The van der Waals surface area contributed by atoms with E-state index in [0.29, 0.717) is 25.7 Å². The van der Waals surface area contributed by atoms with E-state index in [1.54, 1.807) is 0 Å². The number of ether oxygens (including phenoxy) is 4. The van der Waals surface area contributed by atoms with Gasteiger partial charge in [-0.2, -0.15) is 0 Å². The molecule has 0 amide bonds. The Bertz CT molecular complexity index is 2260. The van der Waals surface area contributed by atoms with Crippen molar-refractivity contribution >= 4 is 39.5 Å². The van der Waals surface area contributed by atoms with Crippen molar-refractivity contribution in [3.63, 3.8) is 0 Å². The molecule has 0 saturated heterocycles. The maximum absolute atomic E-state index is 13.1. The van der Waals surface area contributed by atoms with Crippen LogP contribution in [0.3, 0.4) is 0 Å². The molecule has 0 aliphatic heterocycles. The summed E-state index contributed by atoms with van der Waals surface area (Å²) in [5.74, 6) is -2.17. The summed E-state index contributed by atoms with van der Waals surface area (Å²) in [4.78, 5) is 73.0. The molecular weight excluding hydrogens is 1330 g/mol. The summed E-state index contributed by atoms with van der Waals surface area (Å²) in [5, 5.41) is 10.6. The Morgan fingerprint density at radius 1 is 0.284 bits per heavy atom. The number of carbonyl (C=O) groups excluding carboxylic acids is 4. The Labute approximate surface area is 621 Å². The van der Waals surface area contributed by atoms with Crippen molar-refractivity contribution in [2.24, 2.45) is 0 Å². The van der Waals surface area contributed by atoms with Crippen LogP contribution in [0.2, 0.25) is 0 Å². The number of aliphatic hydroxyl groups is 1. The molecule has 0 rings (SSSR count). The first kappa shape index (κ1) is 98.2. The van der Waals surface area contributed by atoms with E-state index in [-0.39, 0.29) is 25.7 Å². The monoisotopic (exact) mass is 1480 g/mol. The third kappa shape index (κ3) is 74.5. The van der Waals surface area contributed by atoms with Crippen LogP contribution in [0, 0.1) is 0 Å². The standard InChI is InChI=1S/C83H148O17P2/c1-5-9-13-17-21-25-29-32-34-36-38-40-42-45-48-51-55-59-63-67-80(85)93-73-78(99-82(87)69-65-61-57-53-47-28-24-20-16-12-8-4)75-97-101(89,90)95-71-77(84)72-96-102(91,92)98-76-79(100-83(88)70-66-62-58-54-50-44-31-27-23-19-15-11-7-3)74-94-81(86)68-64-60-56-52-49-46-43-41-39-37-35-33-30-26-22-18-14-10-6-2/h10,14,21-22,25-26,32-35,38-41,77-79,84H,5-9,11-13,15-20,23-24,27-31,36-37,42-76H2,1-4H3,(H,89,90)(H,91,92)/b14-10-,25-21-,26-22-,34-32-,35-33-,40-38-,41-39-. The molecule has 0 aliphatic rings. The highest BCUT2D eigenvalue weighted by Gasteiger charge is 2.30. The molecule has 0 bridgehead atoms. The predicted molar refractivity (Wildman–Crippen MR) is 418 cm³/mol. The second kappa shape index (κ2) is 75.5. The van der Waals surface area contributed by atoms with Crippen LogP contribution < -0.4 is 0 Å². The number of phosphoric acid groups is 2. The summed E-state index contributed by atoms with van der Waals surface area (Å²) in [6.45, 7) is 4.76. The Kier molecular flexibility index (Phi) is 72.7. The smallest absolute Gasteiger partial charge is 0.462 e. The fourth-order valence-electron chi connectivity index (χ4n) is 11.2. The molecule has 19 heteroatoms. The molecule has 0 fully saturated rings. The minimum absolute atomic E-state index is 0.0961. The second-order valence-corrected chi connectivity index (χ2v) is 30.3. The van der Waals surface area contributed by atoms with Crippen molar-refractivity contribution in [2.45, 2.75) is 380 Å². The first-order valence-electron chi connectivity index (χ1n) is 40.8. The lowest BCUT2D eigenvalue weighted by Crippen LogP contribution is -2.30. The molecule has 3 N–H and O–H groups in total. The topological polar surface area (TPSA) is 237 Å². The molecule has 0 heterocycles. The summed E-state index contributed by atoms with van der Waals surface area (Å²) in [7, 11) is -9.95. The Balaban J connectivity index is 5.28. The Morgan fingerprint density at radius 2 is 0.510 bits per heavy atom. The number of hydrogen-bond acceptors (Lipinski definition) is 15. The van der Waals surface area contributed by atoms with Gasteiger partial charge in [-0.3, -0.25) is 37.3 Å². The number of allylic oxidation sites excluding steroid dienone is 14. The summed E-state index contributed by atoms with van der Waals surface area (Å²) in [6, 6.07) is 0. The van der Waals surface area contributed by atoms with Crippen molar-refractivity contribution in [1.29, 1.82) is 0 Å². The van der Waals surface area contributed by atoms with E-state index >= 15 is 0 Å². The molecule has 0 aromatic heterocycles. The number of hydrogen-bond donors (Lipinski definition) is 3. The van der Waals surface area contributed by atoms with Crippen LogP contribution in [0.1, 0.15) is 362 Å². The molecule has 5 unspecified atom stereocenters. The third-order valence-electron chi connectivity index (χ3n) is 17.4. The van der Waals surface area contributed by atoms with E-state index < -0.39 is 97.5 Å². The highest BCUT2D eigenvalue weighted by atomic mass is 31.2. The average Bonchev–Trinajstić information content (AvgIpc) is 0.907. The van der Waals surface area contributed by atoms with Gasteiger partial charge in [-0.25, -0.2) is 9.13 Å². The SMILES string of the molecule is CC/C=C\C/C=C\C/C=C\C/C=C\CCCCCCCCC(=O)OCC(COP(=O)(O)OCC(O)COP(=O)(O)OCC(COC(=O)CCCCCCCC/C=C\C/C=C\C/C=C\CCCCC)OC(=O)CCCCCCCCCCCCC)OC(=O)CCCCCCCCCCCCCCC. The van der Waals surface area contributed by atoms with Crippen molar-refractivity contribution in [1.82, 2.24) is 0 Å². The molecule has 0 spiro atoms. The zero-order valence-electron chi connectivity index (χ0n) is 64.8. The predicted octanol–water partition coefficient (Wildman–Crippen LogP) is 23.8. The molecule has 0 saturated carbocycles. The molecule has 17 nitrogen and oxygen atoms in total. The van der Waals surface area contributed by atoms with Crippen LogP contribution in [-0.4, -0.2) is 96.7 Å². The van der Waals surface area contributed by atoms with E-state index in [1.165, 1.54) is 109 Å². The normalized spacial score (nSPS) is 14.3. The van der Waals surface area contributed by atoms with Gasteiger partial charge in [-0.1, -0.05) is 318 Å². The number of esters is 4. The fourth-order valence-corrected chi connectivity index (χ4v) is 12.7. The Hall–Kier alpha value is -3.76. The molecule has 0 radical (unpaired) electrons. The lowest BCUT2D eigenvalue weighted by Gasteiger charge is -2.21. The summed E-state index contributed by atoms with van der Waals surface area (Å²) in [5.41, 5.74) is 0. The first-order chi connectivity index (χ1) is 49.7. The van der Waals surface area contributed by atoms with Crippen molar-refractivity contribution in [3.05, 3.63) is 85.1 Å². The minimum atomic E-state index is -4.97. The molecule has 0 aromatic carbocycles. The Morgan fingerprint density at radius 3 is 0.804 bits per heavy atom. The summed E-state index contributed by atoms with van der Waals surface area (Å²) in [6.07, 6.45) is 78.4. The van der Waals surface area contributed by atoms with E-state index in [9.17, 15) is 43.2 Å². The molecular formula is C83H148O17P2. The molecule has 5 atom stereocenters. The largest absolute Gasteiger partial charge is 0.472 e. The lowest BCUT2D eigenvalue weighted by atomic mass is 10.0. The molecule has 592 valence electrons. The third-order valence-corrected chi connectivity index (χ3v) is 19.3. The number of phosphoric ester groups is 2. The summed E-state index contributed by atoms with van der Waals surface area (Å²) >= 11 is 0. The van der Waals surface area contributed by atoms with Crippen molar-refractivity contribution in [2.75, 3.05) is 39.6 Å². The van der Waals surface area contributed by atoms with Gasteiger partial charge >= 0.3 is 39.5 Å². The van der Waals surface area contributed by atoms with Crippen molar-refractivity contribution in [3.8, 4) is 0 Å². The van der Waals surface area contributed by atoms with Gasteiger partial charge in [0, 0.05) is 25.7 Å². The maximum atomic E-state index is 13.1. The van der Waals surface area contributed by atoms with Gasteiger partial charge in [0.1, 0.15) is 19.3 Å². The van der Waals surface area contributed by atoms with Crippen LogP contribution in [-0.2, 0) is 65.4 Å². The van der Waals surface area contributed by atoms with Gasteiger partial charge in [0.05, 0.1) is 26.4 Å². The van der Waals surface area contributed by atoms with Gasteiger partial charge in [0.15, 0.2) is 12.2 Å². The van der Waals surface area contributed by atoms with Gasteiger partial charge in [0.25, 0.3) is 0 Å². The second-order valence-electron chi connectivity index (χ2n) is 27.3. The fraction of sp³-hybridized carbons (Fsp3) is 0.783. The van der Waals surface area contributed by atoms with Gasteiger partial charge in [-0.15, -0.1) is 0 Å². The molecule has 0 aliphatic carbocycles. The zero-order valence-corrected chi connectivity index (χ0v) is 66.6. The highest BCUT2D eigenvalue weighted by molar-refractivity contribution is 7.47. The zero-order chi connectivity index (χ0) is 74.6. The molecule has 0 aromatic rings. The summed E-state index contributed by atoms with van der Waals surface area (Å²) < 4.78 is 68.6. The highest BCUT2D eigenvalue weighted by Crippen LogP contribution is 2.45. The number of carbonyl (C=O) groups is 4.